The topological polar surface area (TPSA) is 88.1 Å². The van der Waals surface area contributed by atoms with Crippen molar-refractivity contribution in [1.29, 1.82) is 0 Å². The van der Waals surface area contributed by atoms with Crippen LogP contribution in [-0.4, -0.2) is 26.4 Å². The van der Waals surface area contributed by atoms with Crippen LogP contribution in [0.5, 0.6) is 0 Å². The van der Waals surface area contributed by atoms with Gasteiger partial charge in [-0.3, -0.25) is 9.13 Å². The molecule has 3 aromatic carbocycles. The van der Waals surface area contributed by atoms with Crippen LogP contribution < -0.4 is 15.9 Å². The van der Waals surface area contributed by atoms with Crippen LogP contribution in [0.2, 0.25) is 0 Å². The van der Waals surface area contributed by atoms with E-state index in [1.165, 1.54) is 0 Å². The molecule has 0 fully saturated rings. The number of benzene rings is 3. The van der Waals surface area contributed by atoms with Crippen molar-refractivity contribution in [1.82, 2.24) is 0 Å². The Balaban J connectivity index is 2.44. The predicted molar refractivity (Wildman–Crippen MR) is 150 cm³/mol. The lowest BCUT2D eigenvalue weighted by Crippen LogP contribution is -2.29. The van der Waals surface area contributed by atoms with E-state index in [9.17, 15) is 9.13 Å². The van der Waals surface area contributed by atoms with Crippen molar-refractivity contribution in [2.75, 3.05) is 26.4 Å². The van der Waals surface area contributed by atoms with Crippen molar-refractivity contribution in [2.45, 2.75) is 33.1 Å². The highest BCUT2D eigenvalue weighted by molar-refractivity contribution is 7.85. The van der Waals surface area contributed by atoms with Gasteiger partial charge in [0.2, 0.25) is 0 Å². The van der Waals surface area contributed by atoms with E-state index in [-0.39, 0.29) is 32.0 Å². The lowest BCUT2D eigenvalue weighted by molar-refractivity contribution is 0.195. The summed E-state index contributed by atoms with van der Waals surface area (Å²) in [6.45, 7) is 6.90. The molecule has 0 heterocycles. The minimum absolute atomic E-state index is 0.0449. The van der Waals surface area contributed by atoms with Gasteiger partial charge in [-0.2, -0.15) is 0 Å². The van der Waals surface area contributed by atoms with Gasteiger partial charge in [0.15, 0.2) is 12.5 Å². The summed E-state index contributed by atoms with van der Waals surface area (Å²) >= 11 is 0. The van der Waals surface area contributed by atoms with E-state index in [0.717, 1.165) is 0 Å². The maximum absolute atomic E-state index is 15.3. The summed E-state index contributed by atoms with van der Waals surface area (Å²) in [5.74, 6) is 0. The fourth-order valence-corrected chi connectivity index (χ4v) is 12.9. The van der Waals surface area contributed by atoms with Gasteiger partial charge in [0, 0.05) is 15.9 Å². The Morgan fingerprint density at radius 1 is 0.541 bits per heavy atom. The summed E-state index contributed by atoms with van der Waals surface area (Å²) < 4.78 is 66.9. The minimum atomic E-state index is -4.15. The molecule has 0 aromatic heterocycles. The maximum atomic E-state index is 15.3. The van der Waals surface area contributed by atoms with E-state index >= 15 is 4.57 Å². The van der Waals surface area contributed by atoms with E-state index in [2.05, 4.69) is 0 Å². The molecule has 37 heavy (non-hydrogen) atoms. The van der Waals surface area contributed by atoms with Gasteiger partial charge in [0.25, 0.3) is 0 Å². The van der Waals surface area contributed by atoms with E-state index in [4.69, 9.17) is 18.1 Å². The third-order valence-corrected chi connectivity index (χ3v) is 14.7. The average Bonchev–Trinajstić information content (AvgIpc) is 2.90. The van der Waals surface area contributed by atoms with Crippen molar-refractivity contribution in [2.24, 2.45) is 0 Å². The molecule has 0 amide bonds. The van der Waals surface area contributed by atoms with Crippen molar-refractivity contribution in [3.8, 4) is 0 Å². The Morgan fingerprint density at radius 3 is 1.27 bits per heavy atom. The second-order valence-corrected chi connectivity index (χ2v) is 15.3. The molecule has 0 bridgehead atoms. The number of rotatable bonds is 14. The van der Waals surface area contributed by atoms with Gasteiger partial charge in [0.05, 0.1) is 26.4 Å². The zero-order valence-electron chi connectivity index (χ0n) is 21.7. The van der Waals surface area contributed by atoms with Gasteiger partial charge in [-0.15, -0.1) is 0 Å². The van der Waals surface area contributed by atoms with Gasteiger partial charge < -0.3 is 22.7 Å². The molecule has 0 radical (unpaired) electrons. The van der Waals surface area contributed by atoms with Crippen molar-refractivity contribution >= 4 is 38.2 Å². The van der Waals surface area contributed by atoms with Crippen LogP contribution in [0.4, 0.5) is 0 Å². The van der Waals surface area contributed by atoms with Gasteiger partial charge in [-0.1, -0.05) is 84.9 Å². The number of hydrogen-bond acceptors (Lipinski definition) is 7. The largest absolute Gasteiger partial charge is 0.350 e. The Labute approximate surface area is 219 Å². The van der Waals surface area contributed by atoms with E-state index in [1.54, 1.807) is 76.2 Å². The van der Waals surface area contributed by atoms with Crippen LogP contribution in [0.3, 0.4) is 0 Å². The molecule has 0 unspecified atom stereocenters. The summed E-state index contributed by atoms with van der Waals surface area (Å²) in [7, 11) is -11.8. The van der Waals surface area contributed by atoms with Crippen LogP contribution in [0.1, 0.15) is 38.7 Å². The molecule has 3 rings (SSSR count). The molecule has 200 valence electrons. The molecule has 7 nitrogen and oxygen atoms in total. The second kappa shape index (κ2) is 13.3. The molecule has 0 saturated heterocycles. The van der Waals surface area contributed by atoms with Gasteiger partial charge >= 0.3 is 15.2 Å². The van der Waals surface area contributed by atoms with Crippen molar-refractivity contribution in [3.05, 3.63) is 90.5 Å². The zero-order chi connectivity index (χ0) is 26.9. The summed E-state index contributed by atoms with van der Waals surface area (Å²) in [5.41, 5.74) is 0.286. The van der Waals surface area contributed by atoms with Crippen LogP contribution in [0.25, 0.3) is 0 Å². The summed E-state index contributed by atoms with van der Waals surface area (Å²) in [6.07, 6.45) is 0. The number of hydrogen-bond donors (Lipinski definition) is 0. The molecule has 10 heteroatoms. The maximum Gasteiger partial charge on any atom is 0.350 e. The zero-order valence-corrected chi connectivity index (χ0v) is 24.4. The molecule has 3 aromatic rings. The van der Waals surface area contributed by atoms with Gasteiger partial charge in [-0.05, 0) is 33.3 Å². The first-order valence-electron chi connectivity index (χ1n) is 12.4. The summed E-state index contributed by atoms with van der Waals surface area (Å²) in [4.78, 5) is 0. The molecule has 0 aliphatic heterocycles. The summed E-state index contributed by atoms with van der Waals surface area (Å²) in [5, 5.41) is 0.0869. The Kier molecular flexibility index (Phi) is 10.7. The van der Waals surface area contributed by atoms with Crippen molar-refractivity contribution in [3.63, 3.8) is 0 Å². The highest BCUT2D eigenvalue weighted by Gasteiger charge is 2.54. The fraction of sp³-hybridized carbons (Fsp3) is 0.333. The second-order valence-electron chi connectivity index (χ2n) is 7.96. The molecular weight excluding hydrogens is 529 g/mol. The lowest BCUT2D eigenvalue weighted by Gasteiger charge is -2.34. The lowest BCUT2D eigenvalue weighted by atomic mass is 10.2. The third kappa shape index (κ3) is 6.27. The first-order valence-corrected chi connectivity index (χ1v) is 17.3. The van der Waals surface area contributed by atoms with Crippen molar-refractivity contribution < 1.29 is 31.8 Å². The average molecular weight is 564 g/mol. The monoisotopic (exact) mass is 564 g/mol. The molecule has 0 aliphatic rings. The summed E-state index contributed by atoms with van der Waals surface area (Å²) in [6, 6.07) is 25.0. The highest BCUT2D eigenvalue weighted by atomic mass is 31.2. The molecule has 0 saturated carbocycles. The molecular formula is C27H35O7P3. The smallest absolute Gasteiger partial charge is 0.309 e. The molecule has 0 spiro atoms. The predicted octanol–water partition coefficient (Wildman–Crippen LogP) is 6.86. The van der Waals surface area contributed by atoms with Crippen LogP contribution in [0, 0.1) is 0 Å². The van der Waals surface area contributed by atoms with Crippen LogP contribution in [0.15, 0.2) is 84.9 Å². The Morgan fingerprint density at radius 2 is 0.892 bits per heavy atom. The minimum Gasteiger partial charge on any atom is -0.309 e. The van der Waals surface area contributed by atoms with Gasteiger partial charge in [-0.25, -0.2) is 0 Å². The first-order chi connectivity index (χ1) is 17.8. The first kappa shape index (κ1) is 29.7. The van der Waals surface area contributed by atoms with E-state index in [1.807, 2.05) is 36.4 Å². The normalized spacial score (nSPS) is 12.7. The highest BCUT2D eigenvalue weighted by Crippen LogP contribution is 2.78. The quantitative estimate of drug-likeness (QED) is 0.198. The standard InChI is InChI=1S/C27H35O7P3/c1-5-31-36(29,32-6-2)27(37(30,33-7-3)34-8-4)25-21-15-16-22-26(25)35(28,23-17-11-9-12-18-23)24-19-13-10-14-20-24/h9-22,27H,5-8H2,1-4H3. The van der Waals surface area contributed by atoms with E-state index in [0.29, 0.717) is 15.9 Å². The third-order valence-electron chi connectivity index (χ3n) is 5.63. The van der Waals surface area contributed by atoms with Crippen LogP contribution in [-0.2, 0) is 31.8 Å². The molecule has 0 N–H and O–H groups in total. The molecule has 0 atom stereocenters. The Hall–Kier alpha value is -1.81. The van der Waals surface area contributed by atoms with Gasteiger partial charge in [0.1, 0.15) is 0 Å². The molecule has 0 aliphatic carbocycles. The van der Waals surface area contributed by atoms with Crippen LogP contribution >= 0.6 is 22.3 Å². The Bertz CT molecular complexity index is 1190. The fourth-order valence-electron chi connectivity index (χ4n) is 4.29. The van der Waals surface area contributed by atoms with E-state index < -0.39 is 27.7 Å². The SMILES string of the molecule is CCOP(=O)(OCC)C(c1ccccc1P(=O)(c1ccccc1)c1ccccc1)P(=O)(OCC)OCC.